The van der Waals surface area contributed by atoms with Gasteiger partial charge in [0.1, 0.15) is 11.5 Å². The summed E-state index contributed by atoms with van der Waals surface area (Å²) in [4.78, 5) is 12.3. The standard InChI is InChI=1S/C22H21ClN2O5S/c1-15-7-10-17(24-22(26)14-30-18-11-8-16(23)9-12-18)13-21(15)31(27,28)25-19-5-3-4-6-20(19)29-2/h3-13,25H,14H2,1-2H3,(H,24,26). The molecule has 0 aliphatic heterocycles. The number of hydrogen-bond acceptors (Lipinski definition) is 5. The second kappa shape index (κ2) is 9.72. The molecule has 0 fully saturated rings. The molecule has 0 bridgehead atoms. The molecule has 0 aliphatic rings. The van der Waals surface area contributed by atoms with E-state index in [9.17, 15) is 13.2 Å². The van der Waals surface area contributed by atoms with Crippen LogP contribution in [0.15, 0.2) is 71.6 Å². The van der Waals surface area contributed by atoms with Crippen molar-refractivity contribution in [3.63, 3.8) is 0 Å². The molecule has 162 valence electrons. The first-order valence-electron chi connectivity index (χ1n) is 9.23. The first-order valence-corrected chi connectivity index (χ1v) is 11.1. The molecule has 2 N–H and O–H groups in total. The molecule has 0 aliphatic carbocycles. The average molecular weight is 461 g/mol. The summed E-state index contributed by atoms with van der Waals surface area (Å²) in [6, 6.07) is 17.9. The molecule has 0 spiro atoms. The lowest BCUT2D eigenvalue weighted by Gasteiger charge is -2.14. The molecule has 9 heteroatoms. The van der Waals surface area contributed by atoms with Crippen molar-refractivity contribution in [2.45, 2.75) is 11.8 Å². The third-order valence-corrected chi connectivity index (χ3v) is 6.06. The Kier molecular flexibility index (Phi) is 7.04. The fraction of sp³-hybridized carbons (Fsp3) is 0.136. The monoisotopic (exact) mass is 460 g/mol. The summed E-state index contributed by atoms with van der Waals surface area (Å²) in [5.41, 5.74) is 1.17. The number of nitrogens with one attached hydrogen (secondary N) is 2. The number of benzene rings is 3. The Morgan fingerprint density at radius 3 is 2.45 bits per heavy atom. The number of halogens is 1. The number of aryl methyl sites for hydroxylation is 1. The van der Waals surface area contributed by atoms with Gasteiger partial charge in [-0.3, -0.25) is 9.52 Å². The van der Waals surface area contributed by atoms with E-state index in [0.29, 0.717) is 33.5 Å². The van der Waals surface area contributed by atoms with Crippen LogP contribution in [0.25, 0.3) is 0 Å². The van der Waals surface area contributed by atoms with Crippen LogP contribution in [0.5, 0.6) is 11.5 Å². The molecular formula is C22H21ClN2O5S. The molecule has 0 unspecified atom stereocenters. The minimum Gasteiger partial charge on any atom is -0.495 e. The van der Waals surface area contributed by atoms with Crippen molar-refractivity contribution in [3.8, 4) is 11.5 Å². The van der Waals surface area contributed by atoms with E-state index < -0.39 is 15.9 Å². The van der Waals surface area contributed by atoms with Crippen LogP contribution in [0.1, 0.15) is 5.56 Å². The Hall–Kier alpha value is -3.23. The van der Waals surface area contributed by atoms with Crippen LogP contribution in [0, 0.1) is 6.92 Å². The molecule has 31 heavy (non-hydrogen) atoms. The lowest BCUT2D eigenvalue weighted by atomic mass is 10.2. The number of ether oxygens (including phenoxy) is 2. The Bertz CT molecular complexity index is 1180. The normalized spacial score (nSPS) is 10.9. The number of amides is 1. The molecule has 7 nitrogen and oxygen atoms in total. The topological polar surface area (TPSA) is 93.7 Å². The highest BCUT2D eigenvalue weighted by atomic mass is 35.5. The van der Waals surface area contributed by atoms with Crippen molar-refractivity contribution in [1.82, 2.24) is 0 Å². The van der Waals surface area contributed by atoms with Gasteiger partial charge in [-0.05, 0) is 61.0 Å². The number of rotatable bonds is 8. The summed E-state index contributed by atoms with van der Waals surface area (Å²) in [6.45, 7) is 1.43. The molecule has 0 radical (unpaired) electrons. The summed E-state index contributed by atoms with van der Waals surface area (Å²) < 4.78 is 39.0. The number of anilines is 2. The highest BCUT2D eigenvalue weighted by molar-refractivity contribution is 7.92. The zero-order valence-electron chi connectivity index (χ0n) is 16.9. The zero-order chi connectivity index (χ0) is 22.4. The van der Waals surface area contributed by atoms with Gasteiger partial charge in [-0.25, -0.2) is 8.42 Å². The van der Waals surface area contributed by atoms with Crippen molar-refractivity contribution in [1.29, 1.82) is 0 Å². The molecule has 1 amide bonds. The maximum absolute atomic E-state index is 13.0. The summed E-state index contributed by atoms with van der Waals surface area (Å²) >= 11 is 5.82. The Labute approximate surface area is 186 Å². The molecule has 3 rings (SSSR count). The Morgan fingerprint density at radius 2 is 1.74 bits per heavy atom. The largest absolute Gasteiger partial charge is 0.495 e. The zero-order valence-corrected chi connectivity index (χ0v) is 18.5. The van der Waals surface area contributed by atoms with Gasteiger partial charge < -0.3 is 14.8 Å². The predicted molar refractivity (Wildman–Crippen MR) is 121 cm³/mol. The van der Waals surface area contributed by atoms with Crippen molar-refractivity contribution in [2.24, 2.45) is 0 Å². The van der Waals surface area contributed by atoms with Crippen molar-refractivity contribution in [2.75, 3.05) is 23.8 Å². The van der Waals surface area contributed by atoms with E-state index in [1.54, 1.807) is 67.6 Å². The quantitative estimate of drug-likeness (QED) is 0.517. The highest BCUT2D eigenvalue weighted by Crippen LogP contribution is 2.28. The van der Waals surface area contributed by atoms with Crippen LogP contribution in [0.4, 0.5) is 11.4 Å². The summed E-state index contributed by atoms with van der Waals surface area (Å²) in [5, 5.41) is 3.20. The maximum atomic E-state index is 13.0. The van der Waals surface area contributed by atoms with Gasteiger partial charge in [0.05, 0.1) is 17.7 Å². The van der Waals surface area contributed by atoms with Gasteiger partial charge in [0.2, 0.25) is 0 Å². The number of sulfonamides is 1. The fourth-order valence-corrected chi connectivity index (χ4v) is 4.24. The predicted octanol–water partition coefficient (Wildman–Crippen LogP) is 4.48. The van der Waals surface area contributed by atoms with Gasteiger partial charge in [-0.2, -0.15) is 0 Å². The molecule has 3 aromatic rings. The number of carbonyl (C=O) groups is 1. The van der Waals surface area contributed by atoms with Crippen molar-refractivity contribution in [3.05, 3.63) is 77.3 Å². The van der Waals surface area contributed by atoms with Gasteiger partial charge >= 0.3 is 0 Å². The Balaban J connectivity index is 1.73. The molecule has 0 saturated heterocycles. The third-order valence-electron chi connectivity index (χ3n) is 4.30. The van der Waals surface area contributed by atoms with E-state index in [4.69, 9.17) is 21.1 Å². The van der Waals surface area contributed by atoms with E-state index in [-0.39, 0.29) is 11.5 Å². The van der Waals surface area contributed by atoms with Crippen LogP contribution in [0.2, 0.25) is 5.02 Å². The molecule has 3 aromatic carbocycles. The molecule has 0 aromatic heterocycles. The number of carbonyl (C=O) groups excluding carboxylic acids is 1. The first-order chi connectivity index (χ1) is 14.8. The smallest absolute Gasteiger partial charge is 0.262 e. The highest BCUT2D eigenvalue weighted by Gasteiger charge is 2.20. The molecular weight excluding hydrogens is 440 g/mol. The lowest BCUT2D eigenvalue weighted by molar-refractivity contribution is -0.118. The van der Waals surface area contributed by atoms with E-state index in [1.165, 1.54) is 13.2 Å². The number of para-hydroxylation sites is 2. The SMILES string of the molecule is COc1ccccc1NS(=O)(=O)c1cc(NC(=O)COc2ccc(Cl)cc2)ccc1C. The van der Waals surface area contributed by atoms with Crippen molar-refractivity contribution >= 4 is 38.9 Å². The Morgan fingerprint density at radius 1 is 1.03 bits per heavy atom. The van der Waals surface area contributed by atoms with Crippen LogP contribution < -0.4 is 19.5 Å². The number of hydrogen-bond donors (Lipinski definition) is 2. The maximum Gasteiger partial charge on any atom is 0.262 e. The van der Waals surface area contributed by atoms with Crippen LogP contribution in [-0.4, -0.2) is 28.0 Å². The van der Waals surface area contributed by atoms with Crippen molar-refractivity contribution < 1.29 is 22.7 Å². The number of methoxy groups -OCH3 is 1. The molecule has 0 atom stereocenters. The lowest BCUT2D eigenvalue weighted by Crippen LogP contribution is -2.21. The van der Waals surface area contributed by atoms with Crippen LogP contribution in [0.3, 0.4) is 0 Å². The fourth-order valence-electron chi connectivity index (χ4n) is 2.77. The summed E-state index contributed by atoms with van der Waals surface area (Å²) in [7, 11) is -2.46. The second-order valence-electron chi connectivity index (χ2n) is 6.58. The van der Waals surface area contributed by atoms with E-state index in [1.807, 2.05) is 0 Å². The van der Waals surface area contributed by atoms with Gasteiger partial charge in [0, 0.05) is 10.7 Å². The van der Waals surface area contributed by atoms with E-state index >= 15 is 0 Å². The second-order valence-corrected chi connectivity index (χ2v) is 8.66. The summed E-state index contributed by atoms with van der Waals surface area (Å²) in [6.07, 6.45) is 0. The minimum atomic E-state index is -3.92. The average Bonchev–Trinajstić information content (AvgIpc) is 2.74. The molecule has 0 heterocycles. The van der Waals surface area contributed by atoms with Gasteiger partial charge in [0.15, 0.2) is 6.61 Å². The molecule has 0 saturated carbocycles. The van der Waals surface area contributed by atoms with Gasteiger partial charge in [-0.15, -0.1) is 0 Å². The van der Waals surface area contributed by atoms with E-state index in [0.717, 1.165) is 0 Å². The van der Waals surface area contributed by atoms with E-state index in [2.05, 4.69) is 10.0 Å². The van der Waals surface area contributed by atoms with Gasteiger partial charge in [0.25, 0.3) is 15.9 Å². The minimum absolute atomic E-state index is 0.0369. The summed E-state index contributed by atoms with van der Waals surface area (Å²) in [5.74, 6) is 0.458. The first kappa shape index (κ1) is 22.5. The third kappa shape index (κ3) is 5.90. The van der Waals surface area contributed by atoms with Crippen LogP contribution >= 0.6 is 11.6 Å². The van der Waals surface area contributed by atoms with Gasteiger partial charge in [-0.1, -0.05) is 29.8 Å². The van der Waals surface area contributed by atoms with Crippen LogP contribution in [-0.2, 0) is 14.8 Å².